The van der Waals surface area contributed by atoms with Gasteiger partial charge >= 0.3 is 11.8 Å². The summed E-state index contributed by atoms with van der Waals surface area (Å²) in [6, 6.07) is 0.473. The number of carboxylic acids is 1. The highest BCUT2D eigenvalue weighted by Crippen LogP contribution is 2.27. The summed E-state index contributed by atoms with van der Waals surface area (Å²) in [5.74, 6) is -2.38. The first-order chi connectivity index (χ1) is 7.34. The summed E-state index contributed by atoms with van der Waals surface area (Å²) in [5.41, 5.74) is -1.90. The molecule has 0 spiro atoms. The Morgan fingerprint density at radius 1 is 1.62 bits per heavy atom. The molecular weight excluding hydrogens is 226 g/mol. The molecule has 0 amide bonds. The number of carboxylic acid groups (broad SMARTS) is 1. The molecule has 0 aliphatic rings. The summed E-state index contributed by atoms with van der Waals surface area (Å²) in [5, 5.41) is 19.0. The fourth-order valence-electron chi connectivity index (χ4n) is 1.22. The molecule has 0 bridgehead atoms. The lowest BCUT2D eigenvalue weighted by Crippen LogP contribution is -2.09. The van der Waals surface area contributed by atoms with Crippen LogP contribution in [0, 0.1) is 17.0 Å². The van der Waals surface area contributed by atoms with Crippen LogP contribution in [0.4, 0.5) is 14.6 Å². The molecule has 0 aliphatic heterocycles. The minimum atomic E-state index is -3.11. The standard InChI is InChI=1S/C8H6F2N2O4/c1-3-6(8(13)14)4(7(9)10)2-5(11-3)12(15)16/h2,7H,1H3,(H,13,14). The Labute approximate surface area is 87.7 Å². The van der Waals surface area contributed by atoms with Crippen molar-refractivity contribution in [1.82, 2.24) is 4.98 Å². The monoisotopic (exact) mass is 232 g/mol. The van der Waals surface area contributed by atoms with Gasteiger partial charge in [-0.05, 0) is 9.91 Å². The molecule has 0 saturated carbocycles. The number of aryl methyl sites for hydroxylation is 1. The van der Waals surface area contributed by atoms with Gasteiger partial charge in [0.2, 0.25) is 0 Å². The third kappa shape index (κ3) is 2.10. The van der Waals surface area contributed by atoms with E-state index in [1.54, 1.807) is 0 Å². The minimum Gasteiger partial charge on any atom is -0.478 e. The molecule has 8 heteroatoms. The fraction of sp³-hybridized carbons (Fsp3) is 0.250. The maximum absolute atomic E-state index is 12.5. The SMILES string of the molecule is Cc1nc([N+](=O)[O-])cc(C(F)F)c1C(=O)O. The summed E-state index contributed by atoms with van der Waals surface area (Å²) in [7, 11) is 0. The van der Waals surface area contributed by atoms with E-state index >= 15 is 0 Å². The van der Waals surface area contributed by atoms with Gasteiger partial charge in [-0.3, -0.25) is 0 Å². The number of hydrogen-bond donors (Lipinski definition) is 1. The second-order valence-electron chi connectivity index (χ2n) is 2.89. The molecule has 16 heavy (non-hydrogen) atoms. The summed E-state index contributed by atoms with van der Waals surface area (Å²) in [4.78, 5) is 23.4. The van der Waals surface area contributed by atoms with Crippen LogP contribution in [0.2, 0.25) is 0 Å². The molecule has 86 valence electrons. The average molecular weight is 232 g/mol. The fourth-order valence-corrected chi connectivity index (χ4v) is 1.22. The third-order valence-electron chi connectivity index (χ3n) is 1.85. The molecule has 1 aromatic heterocycles. The van der Waals surface area contributed by atoms with Crippen LogP contribution in [0.5, 0.6) is 0 Å². The number of halogens is 2. The normalized spacial score (nSPS) is 10.5. The zero-order valence-electron chi connectivity index (χ0n) is 7.98. The molecular formula is C8H6F2N2O4. The molecule has 0 atom stereocenters. The van der Waals surface area contributed by atoms with Gasteiger partial charge in [0.15, 0.2) is 5.69 Å². The summed E-state index contributed by atoms with van der Waals surface area (Å²) >= 11 is 0. The maximum atomic E-state index is 12.5. The van der Waals surface area contributed by atoms with Gasteiger partial charge in [-0.15, -0.1) is 0 Å². The highest BCUT2D eigenvalue weighted by molar-refractivity contribution is 5.90. The van der Waals surface area contributed by atoms with Gasteiger partial charge in [0.25, 0.3) is 6.43 Å². The highest BCUT2D eigenvalue weighted by Gasteiger charge is 2.27. The molecule has 6 nitrogen and oxygen atoms in total. The van der Waals surface area contributed by atoms with Crippen LogP contribution in [-0.4, -0.2) is 21.0 Å². The Bertz CT molecular complexity index is 462. The van der Waals surface area contributed by atoms with Crippen molar-refractivity contribution >= 4 is 11.8 Å². The number of nitro groups is 1. The van der Waals surface area contributed by atoms with E-state index in [1.165, 1.54) is 0 Å². The first-order valence-corrected chi connectivity index (χ1v) is 4.02. The second kappa shape index (κ2) is 4.17. The molecule has 1 N–H and O–H groups in total. The van der Waals surface area contributed by atoms with E-state index in [-0.39, 0.29) is 5.69 Å². The number of hydrogen-bond acceptors (Lipinski definition) is 4. The van der Waals surface area contributed by atoms with Crippen LogP contribution < -0.4 is 0 Å². The van der Waals surface area contributed by atoms with Crippen molar-refractivity contribution in [2.24, 2.45) is 0 Å². The van der Waals surface area contributed by atoms with Gasteiger partial charge in [0.1, 0.15) is 5.56 Å². The lowest BCUT2D eigenvalue weighted by atomic mass is 10.1. The molecule has 0 aliphatic carbocycles. The van der Waals surface area contributed by atoms with E-state index in [0.29, 0.717) is 6.07 Å². The Morgan fingerprint density at radius 2 is 2.19 bits per heavy atom. The maximum Gasteiger partial charge on any atom is 0.364 e. The summed E-state index contributed by atoms with van der Waals surface area (Å²) < 4.78 is 25.0. The van der Waals surface area contributed by atoms with Crippen molar-refractivity contribution in [1.29, 1.82) is 0 Å². The molecule has 0 fully saturated rings. The van der Waals surface area contributed by atoms with Gasteiger partial charge in [-0.2, -0.15) is 0 Å². The van der Waals surface area contributed by atoms with Crippen molar-refractivity contribution in [3.8, 4) is 0 Å². The largest absolute Gasteiger partial charge is 0.478 e. The summed E-state index contributed by atoms with van der Waals surface area (Å²) in [6.45, 7) is 1.13. The Hall–Kier alpha value is -2.12. The minimum absolute atomic E-state index is 0.308. The van der Waals surface area contributed by atoms with Crippen LogP contribution in [0.1, 0.15) is 28.0 Å². The number of rotatable bonds is 3. The lowest BCUT2D eigenvalue weighted by molar-refractivity contribution is -0.389. The molecule has 1 heterocycles. The van der Waals surface area contributed by atoms with Gasteiger partial charge in [-0.1, -0.05) is 0 Å². The first kappa shape index (κ1) is 12.0. The van der Waals surface area contributed by atoms with Crippen LogP contribution in [-0.2, 0) is 0 Å². The Balaban J connectivity index is 3.51. The van der Waals surface area contributed by atoms with E-state index in [2.05, 4.69) is 4.98 Å². The first-order valence-electron chi connectivity index (χ1n) is 4.02. The molecule has 1 aromatic rings. The Kier molecular flexibility index (Phi) is 3.11. The predicted octanol–water partition coefficient (Wildman–Crippen LogP) is 1.93. The van der Waals surface area contributed by atoms with Crippen LogP contribution in [0.25, 0.3) is 0 Å². The smallest absolute Gasteiger partial charge is 0.364 e. The third-order valence-corrected chi connectivity index (χ3v) is 1.85. The van der Waals surface area contributed by atoms with E-state index in [1.807, 2.05) is 0 Å². The average Bonchev–Trinajstić information content (AvgIpc) is 2.15. The van der Waals surface area contributed by atoms with Crippen LogP contribution in [0.3, 0.4) is 0 Å². The quantitative estimate of drug-likeness (QED) is 0.634. The van der Waals surface area contributed by atoms with Crippen molar-refractivity contribution in [3.63, 3.8) is 0 Å². The van der Waals surface area contributed by atoms with E-state index in [4.69, 9.17) is 5.11 Å². The highest BCUT2D eigenvalue weighted by atomic mass is 19.3. The van der Waals surface area contributed by atoms with Gasteiger partial charge in [0, 0.05) is 18.6 Å². The molecule has 0 aromatic carbocycles. The van der Waals surface area contributed by atoms with Gasteiger partial charge < -0.3 is 15.2 Å². The number of carbonyl (C=O) groups is 1. The second-order valence-corrected chi connectivity index (χ2v) is 2.89. The Morgan fingerprint density at radius 3 is 2.56 bits per heavy atom. The topological polar surface area (TPSA) is 93.3 Å². The van der Waals surface area contributed by atoms with E-state index in [9.17, 15) is 23.7 Å². The number of pyridine rings is 1. The van der Waals surface area contributed by atoms with Crippen molar-refractivity contribution in [3.05, 3.63) is 33.0 Å². The molecule has 1 rings (SSSR count). The number of alkyl halides is 2. The molecule has 0 radical (unpaired) electrons. The zero-order valence-corrected chi connectivity index (χ0v) is 7.98. The van der Waals surface area contributed by atoms with Crippen molar-refractivity contribution in [2.75, 3.05) is 0 Å². The molecule has 0 saturated heterocycles. The summed E-state index contributed by atoms with van der Waals surface area (Å²) in [6.07, 6.45) is -3.11. The number of aromatic nitrogens is 1. The van der Waals surface area contributed by atoms with Crippen molar-refractivity contribution < 1.29 is 23.6 Å². The van der Waals surface area contributed by atoms with Crippen LogP contribution in [0.15, 0.2) is 6.07 Å². The van der Waals surface area contributed by atoms with Crippen molar-refractivity contribution in [2.45, 2.75) is 13.3 Å². The van der Waals surface area contributed by atoms with E-state index < -0.39 is 34.3 Å². The lowest BCUT2D eigenvalue weighted by Gasteiger charge is -2.05. The van der Waals surface area contributed by atoms with E-state index in [0.717, 1.165) is 6.92 Å². The predicted molar refractivity (Wildman–Crippen MR) is 47.5 cm³/mol. The van der Waals surface area contributed by atoms with Gasteiger partial charge in [-0.25, -0.2) is 13.6 Å². The number of aromatic carboxylic acids is 1. The van der Waals surface area contributed by atoms with Crippen LogP contribution >= 0.6 is 0 Å². The number of nitrogens with zero attached hydrogens (tertiary/aromatic N) is 2. The van der Waals surface area contributed by atoms with Gasteiger partial charge in [0.05, 0.1) is 0 Å². The molecule has 0 unspecified atom stereocenters. The zero-order chi connectivity index (χ0) is 12.5.